The van der Waals surface area contributed by atoms with Gasteiger partial charge in [-0.2, -0.15) is 0 Å². The van der Waals surface area contributed by atoms with E-state index >= 15 is 0 Å². The van der Waals surface area contributed by atoms with Crippen molar-refractivity contribution in [2.24, 2.45) is 15.7 Å². The summed E-state index contributed by atoms with van der Waals surface area (Å²) < 4.78 is 39.7. The Bertz CT molecular complexity index is 2490. The quantitative estimate of drug-likeness (QED) is 0.104. The fraction of sp³-hybridized carbons (Fsp3) is 0.220. The Morgan fingerprint density at radius 2 is 1.45 bits per heavy atom. The first kappa shape index (κ1) is 38.8. The van der Waals surface area contributed by atoms with Crippen LogP contribution in [0.15, 0.2) is 107 Å². The van der Waals surface area contributed by atoms with Gasteiger partial charge in [0, 0.05) is 28.5 Å². The topological polar surface area (TPSA) is 157 Å². The Morgan fingerprint density at radius 1 is 0.821 bits per heavy atom. The van der Waals surface area contributed by atoms with E-state index in [0.29, 0.717) is 41.0 Å². The first-order chi connectivity index (χ1) is 26.7. The molecule has 0 spiro atoms. The second-order valence-electron chi connectivity index (χ2n) is 14.3. The van der Waals surface area contributed by atoms with Gasteiger partial charge in [0.2, 0.25) is 11.6 Å². The molecule has 4 aromatic carbocycles. The molecule has 0 fully saturated rings. The number of aromatic nitrogens is 6. The number of nitrogens with two attached hydrogens (primary N) is 1. The van der Waals surface area contributed by atoms with Crippen LogP contribution in [0.2, 0.25) is 0 Å². The molecule has 15 heteroatoms. The third-order valence-electron chi connectivity index (χ3n) is 9.26. The number of aliphatic imine (C=N–C) groups is 1. The lowest BCUT2D eigenvalue weighted by Gasteiger charge is -2.25. The van der Waals surface area contributed by atoms with Crippen molar-refractivity contribution in [3.05, 3.63) is 154 Å². The highest BCUT2D eigenvalue weighted by molar-refractivity contribution is 6.01. The largest absolute Gasteiger partial charge is 0.409 e. The number of rotatable bonds is 9. The number of hydrogen-bond acceptors (Lipinski definition) is 10. The number of nitrogens with zero attached hydrogens (tertiary/aromatic N) is 9. The molecule has 56 heavy (non-hydrogen) atoms. The van der Waals surface area contributed by atoms with Crippen molar-refractivity contribution >= 4 is 17.5 Å². The minimum Gasteiger partial charge on any atom is -0.409 e. The average Bonchev–Trinajstić information content (AvgIpc) is 3.57. The number of nitrogens with one attached hydrogen (secondary N) is 1. The molecule has 0 aliphatic carbocycles. The lowest BCUT2D eigenvalue weighted by atomic mass is 9.84. The minimum atomic E-state index is -0.627. The zero-order valence-corrected chi connectivity index (χ0v) is 31.0. The van der Waals surface area contributed by atoms with Crippen molar-refractivity contribution in [2.45, 2.75) is 45.1 Å². The molecule has 6 aromatic rings. The summed E-state index contributed by atoms with van der Waals surface area (Å²) in [5.41, 5.74) is 11.4. The van der Waals surface area contributed by atoms with E-state index in [2.05, 4.69) is 59.3 Å². The normalized spacial score (nSPS) is 12.6. The molecule has 1 aliphatic heterocycles. The molecule has 4 N–H and O–H groups in total. The van der Waals surface area contributed by atoms with Crippen LogP contribution in [0.5, 0.6) is 0 Å². The van der Waals surface area contributed by atoms with E-state index in [9.17, 15) is 18.4 Å². The molecule has 0 saturated carbocycles. The van der Waals surface area contributed by atoms with Gasteiger partial charge in [-0.25, -0.2) is 33.0 Å². The van der Waals surface area contributed by atoms with Crippen molar-refractivity contribution in [1.29, 1.82) is 0 Å². The highest BCUT2D eigenvalue weighted by Crippen LogP contribution is 2.27. The molecule has 7 rings (SSSR count). The molecule has 0 amide bonds. The van der Waals surface area contributed by atoms with Crippen LogP contribution >= 0.6 is 0 Å². The van der Waals surface area contributed by atoms with Crippen LogP contribution in [0.1, 0.15) is 49.9 Å². The minimum absolute atomic E-state index is 0.00792. The summed E-state index contributed by atoms with van der Waals surface area (Å²) in [5.74, 6) is -0.179. The van der Waals surface area contributed by atoms with Crippen LogP contribution in [0.25, 0.3) is 27.4 Å². The molecule has 3 heterocycles. The van der Waals surface area contributed by atoms with E-state index in [1.54, 1.807) is 30.5 Å². The lowest BCUT2D eigenvalue weighted by molar-refractivity contribution is 0.126. The van der Waals surface area contributed by atoms with Crippen LogP contribution in [0.4, 0.5) is 24.8 Å². The molecular weight excluding hydrogens is 720 g/mol. The predicted molar refractivity (Wildman–Crippen MR) is 206 cm³/mol. The second kappa shape index (κ2) is 16.2. The smallest absolute Gasteiger partial charge is 0.279 e. The van der Waals surface area contributed by atoms with E-state index in [1.807, 2.05) is 32.0 Å². The zero-order chi connectivity index (χ0) is 40.0. The number of anilines is 1. The number of halogens is 3. The van der Waals surface area contributed by atoms with Crippen molar-refractivity contribution in [2.75, 3.05) is 18.4 Å². The lowest BCUT2D eigenvalue weighted by Crippen LogP contribution is -2.29. The molecule has 0 bridgehead atoms. The third kappa shape index (κ3) is 9.04. The summed E-state index contributed by atoms with van der Waals surface area (Å²) in [5, 5.41) is 25.7. The standard InChI is InChI=1S/C21H21FN6.C20H17F2N5O/c1-21(2,15-5-7-16(22)8-6-15)12-26-20-25-11-18(27-28-20)13-3-4-14-10-24-19(23)17(14)9-13;1-20(2,14-5-7-15(21)8-6-14)12-25-19-24-11-18(26-27(19)28)13-4-9-16(22)17(10-13)23-3/h3-9,11H,10,12H2,1-2H3,(H2,23,24)(H,25,26,28);4-11,28H,12H2,1-2H3. The Hall–Kier alpha value is -6.95. The first-order valence-electron chi connectivity index (χ1n) is 17.5. The molecule has 1 aliphatic rings. The van der Waals surface area contributed by atoms with Gasteiger partial charge in [0.25, 0.3) is 5.62 Å². The molecule has 0 saturated heterocycles. The van der Waals surface area contributed by atoms with Crippen molar-refractivity contribution in [3.8, 4) is 22.5 Å². The van der Waals surface area contributed by atoms with Crippen LogP contribution in [-0.2, 0) is 17.4 Å². The number of benzene rings is 4. The van der Waals surface area contributed by atoms with Gasteiger partial charge in [0.05, 0.1) is 32.1 Å². The Balaban J connectivity index is 0.000000190. The van der Waals surface area contributed by atoms with Gasteiger partial charge < -0.3 is 16.3 Å². The summed E-state index contributed by atoms with van der Waals surface area (Å²) in [7, 11) is 0. The monoisotopic (exact) mass is 757 g/mol. The maximum atomic E-state index is 13.5. The Labute approximate surface area is 321 Å². The van der Waals surface area contributed by atoms with Gasteiger partial charge in [-0.3, -0.25) is 4.99 Å². The van der Waals surface area contributed by atoms with Gasteiger partial charge in [-0.1, -0.05) is 75.0 Å². The fourth-order valence-electron chi connectivity index (χ4n) is 5.76. The van der Waals surface area contributed by atoms with Gasteiger partial charge in [0.1, 0.15) is 34.7 Å². The zero-order valence-electron chi connectivity index (χ0n) is 31.0. The van der Waals surface area contributed by atoms with Crippen LogP contribution in [0.3, 0.4) is 0 Å². The molecular formula is C41H38F3N11O. The van der Waals surface area contributed by atoms with E-state index in [-0.39, 0.29) is 40.6 Å². The maximum absolute atomic E-state index is 13.5. The SMILES string of the molecule is CC(C)(CNc1ncc(-c2ccc3c(c2)C(N)=NC3)nn1)c1ccc(F)cc1.[C-]#[N+]c1cc(-c2cnc(=NCC(C)(C)c3ccc(F)cc3)n(O)n2)ccc1F. The van der Waals surface area contributed by atoms with E-state index in [1.165, 1.54) is 42.6 Å². The van der Waals surface area contributed by atoms with Gasteiger partial charge >= 0.3 is 0 Å². The molecule has 0 unspecified atom stereocenters. The van der Waals surface area contributed by atoms with Crippen molar-refractivity contribution in [3.63, 3.8) is 0 Å². The molecule has 2 aromatic heterocycles. The van der Waals surface area contributed by atoms with Crippen LogP contribution in [-0.4, -0.2) is 54.2 Å². The van der Waals surface area contributed by atoms with Crippen LogP contribution in [0, 0.1) is 24.0 Å². The van der Waals surface area contributed by atoms with Gasteiger partial charge in [-0.15, -0.1) is 15.3 Å². The Kier molecular flexibility index (Phi) is 11.2. The van der Waals surface area contributed by atoms with Gasteiger partial charge in [-0.05, 0) is 64.7 Å². The second-order valence-corrected chi connectivity index (χ2v) is 14.3. The highest BCUT2D eigenvalue weighted by atomic mass is 19.1. The fourth-order valence-corrected chi connectivity index (χ4v) is 5.76. The highest BCUT2D eigenvalue weighted by Gasteiger charge is 2.22. The van der Waals surface area contributed by atoms with E-state index in [0.717, 1.165) is 33.9 Å². The van der Waals surface area contributed by atoms with Crippen LogP contribution < -0.4 is 16.7 Å². The number of fused-ring (bicyclic) bond motifs is 1. The molecule has 284 valence electrons. The van der Waals surface area contributed by atoms with E-state index in [4.69, 9.17) is 12.3 Å². The summed E-state index contributed by atoms with van der Waals surface area (Å²) >= 11 is 0. The van der Waals surface area contributed by atoms with Crippen molar-refractivity contribution in [1.82, 2.24) is 30.1 Å². The maximum Gasteiger partial charge on any atom is 0.279 e. The summed E-state index contributed by atoms with van der Waals surface area (Å²) in [6, 6.07) is 22.6. The predicted octanol–water partition coefficient (Wildman–Crippen LogP) is 7.18. The number of amidine groups is 1. The Morgan fingerprint density at radius 3 is 2.07 bits per heavy atom. The summed E-state index contributed by atoms with van der Waals surface area (Å²) in [6.07, 6.45) is 3.07. The first-order valence-corrected chi connectivity index (χ1v) is 17.5. The van der Waals surface area contributed by atoms with Crippen molar-refractivity contribution < 1.29 is 18.4 Å². The molecule has 0 radical (unpaired) electrons. The summed E-state index contributed by atoms with van der Waals surface area (Å²) in [4.78, 5) is 20.6. The average molecular weight is 758 g/mol. The van der Waals surface area contributed by atoms with Gasteiger partial charge in [0.15, 0.2) is 0 Å². The summed E-state index contributed by atoms with van der Waals surface area (Å²) in [6.45, 7) is 16.5. The molecule has 12 nitrogen and oxygen atoms in total. The third-order valence-corrected chi connectivity index (χ3v) is 9.26. The molecule has 0 atom stereocenters. The number of hydrogen-bond donors (Lipinski definition) is 3. The van der Waals surface area contributed by atoms with E-state index < -0.39 is 11.2 Å².